The molecule has 5 nitrogen and oxygen atoms in total. The van der Waals surface area contributed by atoms with E-state index in [0.29, 0.717) is 6.61 Å². The topological polar surface area (TPSA) is 55.8 Å². The summed E-state index contributed by atoms with van der Waals surface area (Å²) in [7, 11) is 1.76. The molecule has 0 spiro atoms. The fourth-order valence-corrected chi connectivity index (χ4v) is 2.54. The first-order chi connectivity index (χ1) is 12.2. The quantitative estimate of drug-likeness (QED) is 0.508. The second-order valence-corrected chi connectivity index (χ2v) is 7.15. The molecular weight excluding hydrogens is 330 g/mol. The highest BCUT2D eigenvalue weighted by molar-refractivity contribution is 5.87. The molecule has 144 valence electrons. The number of esters is 1. The van der Waals surface area contributed by atoms with Gasteiger partial charge in [-0.05, 0) is 57.4 Å². The maximum Gasteiger partial charge on any atom is 0.410 e. The molecule has 0 aromatic heterocycles. The van der Waals surface area contributed by atoms with E-state index in [0.717, 1.165) is 24.0 Å². The molecule has 0 N–H and O–H groups in total. The molecule has 1 rings (SSSR count). The number of hydrogen-bond acceptors (Lipinski definition) is 4. The van der Waals surface area contributed by atoms with Gasteiger partial charge < -0.3 is 14.4 Å². The van der Waals surface area contributed by atoms with Crippen LogP contribution in [0.15, 0.2) is 30.3 Å². The van der Waals surface area contributed by atoms with Crippen LogP contribution in [0.25, 0.3) is 6.08 Å². The van der Waals surface area contributed by atoms with E-state index in [1.807, 2.05) is 45.0 Å². The van der Waals surface area contributed by atoms with E-state index < -0.39 is 5.60 Å². The molecule has 0 radical (unpaired) electrons. The number of benzene rings is 1. The van der Waals surface area contributed by atoms with Crippen LogP contribution in [0.2, 0.25) is 0 Å². The molecule has 0 saturated heterocycles. The molecule has 1 atom stereocenters. The van der Waals surface area contributed by atoms with Gasteiger partial charge in [-0.1, -0.05) is 31.5 Å². The predicted octanol–water partition coefficient (Wildman–Crippen LogP) is 4.97. The lowest BCUT2D eigenvalue weighted by atomic mass is 9.99. The average molecular weight is 361 g/mol. The molecule has 1 unspecified atom stereocenters. The summed E-state index contributed by atoms with van der Waals surface area (Å²) in [6.45, 7) is 9.77. The van der Waals surface area contributed by atoms with E-state index in [2.05, 4.69) is 6.92 Å². The van der Waals surface area contributed by atoms with E-state index in [1.54, 1.807) is 24.9 Å². The molecule has 1 aromatic rings. The summed E-state index contributed by atoms with van der Waals surface area (Å²) in [6.07, 6.45) is 4.54. The van der Waals surface area contributed by atoms with Crippen LogP contribution in [0.5, 0.6) is 0 Å². The summed E-state index contributed by atoms with van der Waals surface area (Å²) in [6, 6.07) is 7.71. The molecule has 0 aliphatic rings. The zero-order valence-electron chi connectivity index (χ0n) is 16.7. The number of ether oxygens (including phenoxy) is 2. The van der Waals surface area contributed by atoms with Gasteiger partial charge >= 0.3 is 12.1 Å². The highest BCUT2D eigenvalue weighted by Gasteiger charge is 2.26. The zero-order chi connectivity index (χ0) is 19.7. The molecule has 26 heavy (non-hydrogen) atoms. The van der Waals surface area contributed by atoms with Gasteiger partial charge in [-0.25, -0.2) is 9.59 Å². The van der Waals surface area contributed by atoms with Crippen molar-refractivity contribution < 1.29 is 19.1 Å². The summed E-state index contributed by atoms with van der Waals surface area (Å²) >= 11 is 0. The Morgan fingerprint density at radius 3 is 2.50 bits per heavy atom. The van der Waals surface area contributed by atoms with Crippen molar-refractivity contribution in [3.63, 3.8) is 0 Å². The molecule has 1 aromatic carbocycles. The summed E-state index contributed by atoms with van der Waals surface area (Å²) in [5.74, 6) is -0.367. The monoisotopic (exact) mass is 361 g/mol. The number of rotatable bonds is 7. The van der Waals surface area contributed by atoms with E-state index in [9.17, 15) is 9.59 Å². The lowest BCUT2D eigenvalue weighted by Gasteiger charge is -2.31. The third kappa shape index (κ3) is 7.30. The lowest BCUT2D eigenvalue weighted by Crippen LogP contribution is -2.36. The van der Waals surface area contributed by atoms with Crippen LogP contribution in [0.1, 0.15) is 64.6 Å². The smallest absolute Gasteiger partial charge is 0.410 e. The average Bonchev–Trinajstić information content (AvgIpc) is 2.56. The van der Waals surface area contributed by atoms with Crippen molar-refractivity contribution in [1.29, 1.82) is 0 Å². The normalized spacial score (nSPS) is 12.7. The molecule has 0 aliphatic heterocycles. The Kier molecular flexibility index (Phi) is 8.36. The van der Waals surface area contributed by atoms with E-state index >= 15 is 0 Å². The van der Waals surface area contributed by atoms with Gasteiger partial charge in [0.25, 0.3) is 0 Å². The van der Waals surface area contributed by atoms with Crippen LogP contribution in [0.4, 0.5) is 4.79 Å². The minimum atomic E-state index is -0.535. The Balaban J connectivity index is 3.01. The fourth-order valence-electron chi connectivity index (χ4n) is 2.54. The highest BCUT2D eigenvalue weighted by Crippen LogP contribution is 2.27. The molecule has 0 bridgehead atoms. The van der Waals surface area contributed by atoms with Crippen LogP contribution in [0, 0.1) is 0 Å². The van der Waals surface area contributed by atoms with Gasteiger partial charge in [-0.2, -0.15) is 0 Å². The Hall–Kier alpha value is -2.30. The molecule has 0 heterocycles. The van der Waals surface area contributed by atoms with Gasteiger partial charge in [0, 0.05) is 13.1 Å². The summed E-state index contributed by atoms with van der Waals surface area (Å²) in [5, 5.41) is 0. The third-order valence-corrected chi connectivity index (χ3v) is 3.71. The second-order valence-electron chi connectivity index (χ2n) is 7.15. The number of nitrogens with zero attached hydrogens (tertiary/aromatic N) is 1. The van der Waals surface area contributed by atoms with Gasteiger partial charge in [-0.15, -0.1) is 0 Å². The maximum atomic E-state index is 12.4. The van der Waals surface area contributed by atoms with Gasteiger partial charge in [0.2, 0.25) is 0 Å². The highest BCUT2D eigenvalue weighted by atomic mass is 16.6. The fraction of sp³-hybridized carbons (Fsp3) is 0.524. The standard InChI is InChI=1S/C21H31NO4/c1-7-10-18(22(6)20(24)26-21(3,4)5)17-12-9-11-16(15-17)13-14-19(23)25-8-2/h9,11-15,18H,7-8,10H2,1-6H3. The molecular formula is C21H31NO4. The van der Waals surface area contributed by atoms with Gasteiger partial charge in [0.05, 0.1) is 12.6 Å². The largest absolute Gasteiger partial charge is 0.463 e. The van der Waals surface area contributed by atoms with Crippen LogP contribution in [-0.4, -0.2) is 36.2 Å². The van der Waals surface area contributed by atoms with Crippen molar-refractivity contribution >= 4 is 18.1 Å². The first kappa shape index (κ1) is 21.7. The van der Waals surface area contributed by atoms with E-state index in [4.69, 9.17) is 9.47 Å². The van der Waals surface area contributed by atoms with Crippen molar-refractivity contribution in [2.24, 2.45) is 0 Å². The summed E-state index contributed by atoms with van der Waals surface area (Å²) < 4.78 is 10.4. The molecule has 0 fully saturated rings. The molecule has 0 aliphatic carbocycles. The lowest BCUT2D eigenvalue weighted by molar-refractivity contribution is -0.137. The Labute approximate surface area is 157 Å². The predicted molar refractivity (Wildman–Crippen MR) is 104 cm³/mol. The van der Waals surface area contributed by atoms with Crippen LogP contribution in [0.3, 0.4) is 0 Å². The molecule has 1 amide bonds. The minimum absolute atomic E-state index is 0.0919. The SMILES string of the molecule is CCCC(c1cccc(C=CC(=O)OCC)c1)N(C)C(=O)OC(C)(C)C. The van der Waals surface area contributed by atoms with Gasteiger partial charge in [0.15, 0.2) is 0 Å². The van der Waals surface area contributed by atoms with E-state index in [1.165, 1.54) is 6.08 Å². The Morgan fingerprint density at radius 1 is 1.23 bits per heavy atom. The zero-order valence-corrected chi connectivity index (χ0v) is 16.7. The molecule has 0 saturated carbocycles. The number of amides is 1. The van der Waals surface area contributed by atoms with Crippen LogP contribution < -0.4 is 0 Å². The first-order valence-electron chi connectivity index (χ1n) is 9.08. The molecule has 5 heteroatoms. The number of carbonyl (C=O) groups excluding carboxylic acids is 2. The maximum absolute atomic E-state index is 12.4. The first-order valence-corrected chi connectivity index (χ1v) is 9.08. The van der Waals surface area contributed by atoms with Crippen LogP contribution in [-0.2, 0) is 14.3 Å². The number of carbonyl (C=O) groups is 2. The Bertz CT molecular complexity index is 631. The van der Waals surface area contributed by atoms with Crippen molar-refractivity contribution in [3.05, 3.63) is 41.5 Å². The van der Waals surface area contributed by atoms with Crippen LogP contribution >= 0.6 is 0 Å². The van der Waals surface area contributed by atoms with Crippen molar-refractivity contribution in [2.75, 3.05) is 13.7 Å². The Morgan fingerprint density at radius 2 is 1.92 bits per heavy atom. The minimum Gasteiger partial charge on any atom is -0.463 e. The van der Waals surface area contributed by atoms with Gasteiger partial charge in [0.1, 0.15) is 5.60 Å². The van der Waals surface area contributed by atoms with E-state index in [-0.39, 0.29) is 18.1 Å². The van der Waals surface area contributed by atoms with Crippen molar-refractivity contribution in [3.8, 4) is 0 Å². The second kappa shape index (κ2) is 10.00. The van der Waals surface area contributed by atoms with Crippen molar-refractivity contribution in [1.82, 2.24) is 4.90 Å². The van der Waals surface area contributed by atoms with Crippen molar-refractivity contribution in [2.45, 2.75) is 59.1 Å². The number of hydrogen-bond donors (Lipinski definition) is 0. The summed E-state index contributed by atoms with van der Waals surface area (Å²) in [5.41, 5.74) is 1.35. The summed E-state index contributed by atoms with van der Waals surface area (Å²) in [4.78, 5) is 25.6. The third-order valence-electron chi connectivity index (χ3n) is 3.71. The van der Waals surface area contributed by atoms with Gasteiger partial charge in [-0.3, -0.25) is 0 Å².